The molecule has 0 spiro atoms. The molecule has 0 fully saturated rings. The molecule has 7 nitrogen and oxygen atoms in total. The summed E-state index contributed by atoms with van der Waals surface area (Å²) in [5.74, 6) is -1.90. The fraction of sp³-hybridized carbons (Fsp3) is 0.357. The maximum Gasteiger partial charge on any atom is 0.418 e. The zero-order valence-corrected chi connectivity index (χ0v) is 22.9. The number of benzene rings is 1. The fourth-order valence-corrected chi connectivity index (χ4v) is 5.36. The lowest BCUT2D eigenvalue weighted by Gasteiger charge is -2.28. The lowest BCUT2D eigenvalue weighted by atomic mass is 9.82. The average molecular weight is 557 g/mol. The van der Waals surface area contributed by atoms with Gasteiger partial charge in [-0.15, -0.1) is 0 Å². The first kappa shape index (κ1) is 29.6. The van der Waals surface area contributed by atoms with Crippen LogP contribution in [0.4, 0.5) is 13.2 Å². The van der Waals surface area contributed by atoms with Crippen molar-refractivity contribution in [2.24, 2.45) is 5.73 Å². The summed E-state index contributed by atoms with van der Waals surface area (Å²) in [6.45, 7) is 7.01. The molecule has 0 saturated heterocycles. The summed E-state index contributed by atoms with van der Waals surface area (Å²) in [5.41, 5.74) is 6.15. The SMILES string of the molecule is CCc1nc(SCC2=C(C(=O)OC)C(c3ccc(C(C)C)cc3)C(C#N)=C(N)O2)c(C#N)c(C(F)(F)F)c1C. The van der Waals surface area contributed by atoms with Crippen LogP contribution in [0.2, 0.25) is 0 Å². The van der Waals surface area contributed by atoms with E-state index in [1.54, 1.807) is 25.1 Å². The number of aryl methyl sites for hydroxylation is 1. The number of carbonyl (C=O) groups excluding carboxylic acids is 1. The van der Waals surface area contributed by atoms with Gasteiger partial charge in [0.2, 0.25) is 5.88 Å². The van der Waals surface area contributed by atoms with Crippen molar-refractivity contribution in [2.75, 3.05) is 12.9 Å². The number of nitrogens with two attached hydrogens (primary N) is 1. The number of halogens is 3. The summed E-state index contributed by atoms with van der Waals surface area (Å²) in [7, 11) is 1.17. The van der Waals surface area contributed by atoms with E-state index in [4.69, 9.17) is 15.2 Å². The molecular formula is C28H27F3N4O3S. The molecule has 204 valence electrons. The van der Waals surface area contributed by atoms with Crippen LogP contribution in [0.15, 0.2) is 52.1 Å². The Balaban J connectivity index is 2.16. The Hall–Kier alpha value is -3.96. The molecule has 0 aliphatic carbocycles. The average Bonchev–Trinajstić information content (AvgIpc) is 2.90. The summed E-state index contributed by atoms with van der Waals surface area (Å²) < 4.78 is 52.4. The van der Waals surface area contributed by atoms with Gasteiger partial charge in [-0.3, -0.25) is 0 Å². The number of aromatic nitrogens is 1. The molecule has 1 aromatic heterocycles. The van der Waals surface area contributed by atoms with Crippen molar-refractivity contribution in [2.45, 2.75) is 57.2 Å². The van der Waals surface area contributed by atoms with Crippen molar-refractivity contribution >= 4 is 17.7 Å². The van der Waals surface area contributed by atoms with Gasteiger partial charge in [0.15, 0.2) is 0 Å². The Kier molecular flexibility index (Phi) is 8.98. The summed E-state index contributed by atoms with van der Waals surface area (Å²) in [6, 6.07) is 11.0. The maximum absolute atomic E-state index is 13.9. The lowest BCUT2D eigenvalue weighted by molar-refractivity contribution is -0.138. The van der Waals surface area contributed by atoms with Crippen LogP contribution < -0.4 is 5.73 Å². The van der Waals surface area contributed by atoms with E-state index in [1.165, 1.54) is 14.0 Å². The number of carbonyl (C=O) groups is 1. The van der Waals surface area contributed by atoms with Gasteiger partial charge in [0.25, 0.3) is 0 Å². The van der Waals surface area contributed by atoms with E-state index in [0.29, 0.717) is 5.56 Å². The van der Waals surface area contributed by atoms with Crippen LogP contribution in [-0.4, -0.2) is 23.8 Å². The fourth-order valence-electron chi connectivity index (χ4n) is 4.41. The topological polar surface area (TPSA) is 122 Å². The van der Waals surface area contributed by atoms with Gasteiger partial charge in [-0.2, -0.15) is 23.7 Å². The molecule has 0 bridgehead atoms. The van der Waals surface area contributed by atoms with E-state index in [2.05, 4.69) is 4.98 Å². The highest BCUT2D eigenvalue weighted by molar-refractivity contribution is 7.99. The molecule has 1 aromatic carbocycles. The molecule has 1 unspecified atom stereocenters. The number of alkyl halides is 3. The zero-order chi connectivity index (χ0) is 29.1. The quantitative estimate of drug-likeness (QED) is 0.326. The van der Waals surface area contributed by atoms with E-state index in [9.17, 15) is 28.5 Å². The number of rotatable bonds is 7. The van der Waals surface area contributed by atoms with E-state index in [0.717, 1.165) is 17.3 Å². The molecule has 1 aliphatic heterocycles. The Morgan fingerprint density at radius 1 is 1.23 bits per heavy atom. The zero-order valence-electron chi connectivity index (χ0n) is 22.1. The second-order valence-corrected chi connectivity index (χ2v) is 10.0. The smallest absolute Gasteiger partial charge is 0.418 e. The number of pyridine rings is 1. The molecule has 1 atom stereocenters. The second kappa shape index (κ2) is 11.8. The van der Waals surface area contributed by atoms with Crippen molar-refractivity contribution in [3.8, 4) is 12.1 Å². The number of nitrogens with zero attached hydrogens (tertiary/aromatic N) is 3. The Bertz CT molecular complexity index is 1430. The summed E-state index contributed by atoms with van der Waals surface area (Å²) in [4.78, 5) is 17.3. The molecule has 0 radical (unpaired) electrons. The lowest BCUT2D eigenvalue weighted by Crippen LogP contribution is -2.26. The van der Waals surface area contributed by atoms with Crippen LogP contribution in [0.5, 0.6) is 0 Å². The molecule has 11 heteroatoms. The monoisotopic (exact) mass is 556 g/mol. The normalized spacial score (nSPS) is 15.6. The van der Waals surface area contributed by atoms with Crippen molar-refractivity contribution in [1.29, 1.82) is 10.5 Å². The molecule has 2 N–H and O–H groups in total. The molecule has 3 rings (SSSR count). The number of ether oxygens (including phenoxy) is 2. The molecule has 2 aromatic rings. The van der Waals surface area contributed by atoms with Gasteiger partial charge in [-0.1, -0.05) is 56.8 Å². The van der Waals surface area contributed by atoms with Crippen LogP contribution in [0, 0.1) is 29.6 Å². The first-order chi connectivity index (χ1) is 18.4. The Morgan fingerprint density at radius 3 is 2.36 bits per heavy atom. The van der Waals surface area contributed by atoms with Gasteiger partial charge in [0, 0.05) is 5.69 Å². The van der Waals surface area contributed by atoms with Gasteiger partial charge < -0.3 is 15.2 Å². The van der Waals surface area contributed by atoms with Crippen molar-refractivity contribution < 1.29 is 27.4 Å². The maximum atomic E-state index is 13.9. The van der Waals surface area contributed by atoms with Gasteiger partial charge in [0.1, 0.15) is 28.5 Å². The minimum atomic E-state index is -4.77. The highest BCUT2D eigenvalue weighted by Gasteiger charge is 2.40. The molecule has 2 heterocycles. The molecule has 0 amide bonds. The molecular weight excluding hydrogens is 529 g/mol. The largest absolute Gasteiger partial charge is 0.466 e. The Labute approximate surface area is 229 Å². The third kappa shape index (κ3) is 5.89. The highest BCUT2D eigenvalue weighted by atomic mass is 32.2. The van der Waals surface area contributed by atoms with Crippen LogP contribution in [0.3, 0.4) is 0 Å². The highest BCUT2D eigenvalue weighted by Crippen LogP contribution is 2.43. The predicted molar refractivity (Wildman–Crippen MR) is 139 cm³/mol. The number of esters is 1. The van der Waals surface area contributed by atoms with E-state index in [1.807, 2.05) is 32.0 Å². The number of methoxy groups -OCH3 is 1. The van der Waals surface area contributed by atoms with Crippen LogP contribution in [-0.2, 0) is 26.9 Å². The Morgan fingerprint density at radius 2 is 1.87 bits per heavy atom. The molecule has 0 saturated carbocycles. The third-order valence-electron chi connectivity index (χ3n) is 6.42. The minimum absolute atomic E-state index is 0.000230. The molecule has 1 aliphatic rings. The second-order valence-electron chi connectivity index (χ2n) is 9.07. The number of thioether (sulfide) groups is 1. The standard InChI is InChI=1S/C28H27F3N4O3S/c1-6-20-15(4)24(28(29,30)31)19(12-33)26(35-20)39-13-21-23(27(36)37-5)22(18(11-32)25(34)38-21)17-9-7-16(8-10-17)14(2)3/h7-10,14,22H,6,13,34H2,1-5H3. The number of hydrogen-bond donors (Lipinski definition) is 1. The van der Waals surface area contributed by atoms with Crippen LogP contribution in [0.1, 0.15) is 66.1 Å². The molecule has 39 heavy (non-hydrogen) atoms. The summed E-state index contributed by atoms with van der Waals surface area (Å²) in [5, 5.41) is 19.3. The van der Waals surface area contributed by atoms with E-state index >= 15 is 0 Å². The van der Waals surface area contributed by atoms with Crippen molar-refractivity contribution in [1.82, 2.24) is 4.98 Å². The van der Waals surface area contributed by atoms with Gasteiger partial charge in [-0.25, -0.2) is 9.78 Å². The third-order valence-corrected chi connectivity index (χ3v) is 7.39. The minimum Gasteiger partial charge on any atom is -0.466 e. The number of nitriles is 2. The van der Waals surface area contributed by atoms with Crippen LogP contribution in [0.25, 0.3) is 0 Å². The first-order valence-electron chi connectivity index (χ1n) is 12.0. The predicted octanol–water partition coefficient (Wildman–Crippen LogP) is 5.99. The van der Waals surface area contributed by atoms with Gasteiger partial charge in [-0.05, 0) is 36.0 Å². The summed E-state index contributed by atoms with van der Waals surface area (Å²) in [6.07, 6.45) is -4.55. The van der Waals surface area contributed by atoms with E-state index in [-0.39, 0.29) is 57.2 Å². The van der Waals surface area contributed by atoms with E-state index < -0.39 is 29.2 Å². The summed E-state index contributed by atoms with van der Waals surface area (Å²) >= 11 is 0.807. The van der Waals surface area contributed by atoms with Crippen molar-refractivity contribution in [3.63, 3.8) is 0 Å². The number of hydrogen-bond acceptors (Lipinski definition) is 8. The first-order valence-corrected chi connectivity index (χ1v) is 13.0. The van der Waals surface area contributed by atoms with Crippen LogP contribution >= 0.6 is 11.8 Å². The number of allylic oxidation sites excluding steroid dienone is 1. The van der Waals surface area contributed by atoms with Crippen molar-refractivity contribution in [3.05, 3.63) is 80.6 Å². The van der Waals surface area contributed by atoms with Gasteiger partial charge >= 0.3 is 12.1 Å². The van der Waals surface area contributed by atoms with Gasteiger partial charge in [0.05, 0.1) is 35.5 Å².